The van der Waals surface area contributed by atoms with Crippen molar-refractivity contribution in [3.8, 4) is 0 Å². The molecule has 0 radical (unpaired) electrons. The zero-order chi connectivity index (χ0) is 23.2. The molecule has 33 heavy (non-hydrogen) atoms. The molecular weight excluding hydrogens is 412 g/mol. The molecule has 3 unspecified atom stereocenters. The quantitative estimate of drug-likeness (QED) is 0.411. The van der Waals surface area contributed by atoms with E-state index in [1.807, 2.05) is 19.0 Å². The highest BCUT2D eigenvalue weighted by molar-refractivity contribution is 5.96. The minimum absolute atomic E-state index is 0.363. The molecule has 1 aromatic rings. The van der Waals surface area contributed by atoms with Gasteiger partial charge in [-0.25, -0.2) is 0 Å². The Morgan fingerprint density at radius 2 is 1.97 bits per heavy atom. The van der Waals surface area contributed by atoms with Crippen LogP contribution in [0, 0.1) is 34.5 Å². The number of hydrogen-bond donors (Lipinski definition) is 0. The molecule has 6 atom stereocenters. The predicted molar refractivity (Wildman–Crippen MR) is 130 cm³/mol. The third-order valence-corrected chi connectivity index (χ3v) is 10.0. The number of fused-ring (bicyclic) bond motifs is 5. The molecule has 6 nitrogen and oxygen atoms in total. The minimum atomic E-state index is 0.363. The van der Waals surface area contributed by atoms with Gasteiger partial charge in [0.05, 0.1) is 18.7 Å². The van der Waals surface area contributed by atoms with Gasteiger partial charge in [-0.1, -0.05) is 36.7 Å². The van der Waals surface area contributed by atoms with E-state index in [4.69, 9.17) is 9.36 Å². The fourth-order valence-corrected chi connectivity index (χ4v) is 7.91. The van der Waals surface area contributed by atoms with E-state index in [9.17, 15) is 0 Å². The van der Waals surface area contributed by atoms with Crippen molar-refractivity contribution in [2.45, 2.75) is 85.1 Å². The van der Waals surface area contributed by atoms with E-state index in [-0.39, 0.29) is 0 Å². The van der Waals surface area contributed by atoms with Crippen molar-refractivity contribution >= 4 is 5.71 Å². The van der Waals surface area contributed by atoms with Crippen LogP contribution in [0.15, 0.2) is 21.3 Å². The van der Waals surface area contributed by atoms with Gasteiger partial charge in [-0.2, -0.15) is 4.98 Å². The summed E-state index contributed by atoms with van der Waals surface area (Å²) in [5.74, 6) is 4.97. The topological polar surface area (TPSA) is 63.8 Å². The van der Waals surface area contributed by atoms with Crippen molar-refractivity contribution in [2.75, 3.05) is 20.7 Å². The van der Waals surface area contributed by atoms with Gasteiger partial charge in [0.2, 0.25) is 5.89 Å². The van der Waals surface area contributed by atoms with E-state index in [2.05, 4.69) is 42.1 Å². The molecule has 3 fully saturated rings. The van der Waals surface area contributed by atoms with Gasteiger partial charge >= 0.3 is 0 Å². The second-order valence-electron chi connectivity index (χ2n) is 12.0. The Balaban J connectivity index is 1.20. The molecule has 0 amide bonds. The van der Waals surface area contributed by atoms with Crippen LogP contribution in [-0.4, -0.2) is 41.5 Å². The average molecular weight is 455 g/mol. The van der Waals surface area contributed by atoms with E-state index in [0.717, 1.165) is 35.8 Å². The number of oxime groups is 1. The summed E-state index contributed by atoms with van der Waals surface area (Å²) in [5, 5.41) is 8.51. The first kappa shape index (κ1) is 23.1. The van der Waals surface area contributed by atoms with E-state index in [1.165, 1.54) is 44.9 Å². The van der Waals surface area contributed by atoms with Crippen molar-refractivity contribution in [3.63, 3.8) is 0 Å². The Labute approximate surface area is 199 Å². The van der Waals surface area contributed by atoms with Gasteiger partial charge in [0, 0.05) is 0 Å². The summed E-state index contributed by atoms with van der Waals surface area (Å²) in [6.45, 7) is 8.84. The van der Waals surface area contributed by atoms with Gasteiger partial charge in [-0.15, -0.1) is 0 Å². The van der Waals surface area contributed by atoms with Crippen molar-refractivity contribution in [1.29, 1.82) is 0 Å². The van der Waals surface area contributed by atoms with Crippen molar-refractivity contribution < 1.29 is 9.36 Å². The largest absolute Gasteiger partial charge is 0.395 e. The molecule has 0 aliphatic heterocycles. The van der Waals surface area contributed by atoms with Crippen LogP contribution in [0.4, 0.5) is 0 Å². The molecule has 0 bridgehead atoms. The van der Waals surface area contributed by atoms with E-state index >= 15 is 0 Å². The van der Waals surface area contributed by atoms with Crippen molar-refractivity contribution in [3.05, 3.63) is 23.4 Å². The Hall–Kier alpha value is -1.69. The molecule has 0 aromatic carbocycles. The summed E-state index contributed by atoms with van der Waals surface area (Å²) in [5.41, 5.74) is 3.70. The molecule has 4 aliphatic rings. The lowest BCUT2D eigenvalue weighted by Gasteiger charge is -2.58. The van der Waals surface area contributed by atoms with Gasteiger partial charge in [-0.05, 0) is 106 Å². The molecule has 5 rings (SSSR count). The third kappa shape index (κ3) is 4.17. The molecule has 0 spiro atoms. The zero-order valence-electron chi connectivity index (χ0n) is 21.3. The van der Waals surface area contributed by atoms with Crippen LogP contribution in [0.5, 0.6) is 0 Å². The summed E-state index contributed by atoms with van der Waals surface area (Å²) in [7, 11) is 3.98. The maximum Gasteiger partial charge on any atom is 0.230 e. The lowest BCUT2D eigenvalue weighted by molar-refractivity contribution is -0.0465. The Bertz CT molecular complexity index is 921. The highest BCUT2D eigenvalue weighted by atomic mass is 16.6. The molecule has 0 saturated heterocycles. The number of nitrogens with zero attached hydrogens (tertiary/aromatic N) is 4. The van der Waals surface area contributed by atoms with Crippen molar-refractivity contribution in [2.24, 2.45) is 39.7 Å². The van der Waals surface area contributed by atoms with E-state index < -0.39 is 0 Å². The Morgan fingerprint density at radius 3 is 2.79 bits per heavy atom. The van der Waals surface area contributed by atoms with Gasteiger partial charge in [-0.3, -0.25) is 0 Å². The molecule has 3 saturated carbocycles. The maximum absolute atomic E-state index is 5.67. The average Bonchev–Trinajstić information content (AvgIpc) is 3.34. The van der Waals surface area contributed by atoms with Gasteiger partial charge < -0.3 is 14.3 Å². The predicted octanol–water partition coefficient (Wildman–Crippen LogP) is 5.65. The second kappa shape index (κ2) is 8.83. The lowest BCUT2D eigenvalue weighted by atomic mass is 9.47. The van der Waals surface area contributed by atoms with E-state index in [0.29, 0.717) is 42.1 Å². The summed E-state index contributed by atoms with van der Waals surface area (Å²) in [6.07, 6.45) is 13.6. The van der Waals surface area contributed by atoms with Crippen LogP contribution in [0.3, 0.4) is 0 Å². The highest BCUT2D eigenvalue weighted by Gasteiger charge is 2.57. The summed E-state index contributed by atoms with van der Waals surface area (Å²) >= 11 is 0. The van der Waals surface area contributed by atoms with Crippen LogP contribution >= 0.6 is 0 Å². The number of hydrogen-bond acceptors (Lipinski definition) is 6. The maximum atomic E-state index is 5.67. The second-order valence-corrected chi connectivity index (χ2v) is 12.0. The molecular formula is C27H42N4O2. The van der Waals surface area contributed by atoms with Crippen LogP contribution < -0.4 is 0 Å². The molecule has 1 aromatic heterocycles. The minimum Gasteiger partial charge on any atom is -0.395 e. The van der Waals surface area contributed by atoms with Crippen molar-refractivity contribution in [1.82, 2.24) is 15.0 Å². The number of allylic oxidation sites excluding steroid dienone is 2. The first-order chi connectivity index (χ1) is 15.8. The van der Waals surface area contributed by atoms with Crippen LogP contribution in [0.25, 0.3) is 0 Å². The molecule has 4 aliphatic carbocycles. The number of rotatable bonds is 6. The first-order valence-electron chi connectivity index (χ1n) is 13.2. The zero-order valence-corrected chi connectivity index (χ0v) is 21.3. The fourth-order valence-electron chi connectivity index (χ4n) is 7.91. The summed E-state index contributed by atoms with van der Waals surface area (Å²) in [6, 6.07) is 0. The first-order valence-corrected chi connectivity index (χ1v) is 13.2. The molecule has 182 valence electrons. The smallest absolute Gasteiger partial charge is 0.230 e. The van der Waals surface area contributed by atoms with Crippen LogP contribution in [-0.2, 0) is 17.8 Å². The van der Waals surface area contributed by atoms with Crippen LogP contribution in [0.2, 0.25) is 0 Å². The standard InChI is InChI=1S/C27H42N4O2/c1-18-6-9-22-21-8-7-19-16-20(10-13-27(19,3)23(21)11-14-26(18,22)2)29-32-15-12-25-28-24(30-33-25)17-31(4)5/h16,18,21-23H,6-15,17H2,1-5H3/t18-,21?,22?,23?,26+,27-/m0/s1. The van der Waals surface area contributed by atoms with Gasteiger partial charge in [0.1, 0.15) is 6.61 Å². The third-order valence-electron chi connectivity index (χ3n) is 10.0. The van der Waals surface area contributed by atoms with Gasteiger partial charge in [0.15, 0.2) is 5.82 Å². The molecule has 6 heteroatoms. The summed E-state index contributed by atoms with van der Waals surface area (Å²) in [4.78, 5) is 12.1. The highest BCUT2D eigenvalue weighted by Crippen LogP contribution is 2.66. The van der Waals surface area contributed by atoms with E-state index in [1.54, 1.807) is 5.57 Å². The Morgan fingerprint density at radius 1 is 1.12 bits per heavy atom. The molecule has 0 N–H and O–H groups in total. The summed E-state index contributed by atoms with van der Waals surface area (Å²) < 4.78 is 5.31. The molecule has 1 heterocycles. The van der Waals surface area contributed by atoms with Gasteiger partial charge in [0.25, 0.3) is 0 Å². The van der Waals surface area contributed by atoms with Crippen LogP contribution in [0.1, 0.15) is 83.9 Å². The monoisotopic (exact) mass is 454 g/mol. The SMILES string of the molecule is C[C@H]1CCC2C3CCC4=CC(=NOCCc5nc(CN(C)C)no5)CC[C@]4(C)C3CC[C@@]21C. The normalized spacial score (nSPS) is 39.2. The fraction of sp³-hybridized carbons (Fsp3) is 0.815. The number of aromatic nitrogens is 2. The Kier molecular flexibility index (Phi) is 6.17. The lowest BCUT2D eigenvalue weighted by Crippen LogP contribution is -2.50.